The van der Waals surface area contributed by atoms with Crippen molar-refractivity contribution in [3.8, 4) is 0 Å². The second kappa shape index (κ2) is 8.97. The van der Waals surface area contributed by atoms with Gasteiger partial charge in [-0.2, -0.15) is 0 Å². The first-order chi connectivity index (χ1) is 13.9. The van der Waals surface area contributed by atoms with Crippen LogP contribution in [0.4, 0.5) is 17.2 Å². The van der Waals surface area contributed by atoms with E-state index >= 15 is 0 Å². The van der Waals surface area contributed by atoms with Crippen LogP contribution in [0, 0.1) is 13.8 Å². The summed E-state index contributed by atoms with van der Waals surface area (Å²) < 4.78 is 0. The zero-order valence-electron chi connectivity index (χ0n) is 16.6. The second-order valence-corrected chi connectivity index (χ2v) is 6.68. The van der Waals surface area contributed by atoms with Gasteiger partial charge in [-0.15, -0.1) is 0 Å². The molecule has 0 aliphatic heterocycles. The molecule has 7 heteroatoms. The standard InChI is InChI=1S/C22H23N5O2/c1-14-6-4-5-7-17(14)13-23-21-12-20(24-15(2)25-21)22(29)27-19-10-8-18(9-11-19)26-16(3)28/h4-12H,13H2,1-3H3,(H,26,28)(H,27,29)(H,23,24,25). The van der Waals surface area contributed by atoms with Gasteiger partial charge in [0.25, 0.3) is 5.91 Å². The fourth-order valence-corrected chi connectivity index (χ4v) is 2.80. The van der Waals surface area contributed by atoms with Gasteiger partial charge in [-0.25, -0.2) is 9.97 Å². The Bertz CT molecular complexity index is 1030. The molecule has 0 bridgehead atoms. The Morgan fingerprint density at radius 1 is 0.897 bits per heavy atom. The summed E-state index contributed by atoms with van der Waals surface area (Å²) >= 11 is 0. The minimum Gasteiger partial charge on any atom is -0.366 e. The van der Waals surface area contributed by atoms with E-state index in [1.165, 1.54) is 12.5 Å². The van der Waals surface area contributed by atoms with Crippen molar-refractivity contribution in [2.75, 3.05) is 16.0 Å². The summed E-state index contributed by atoms with van der Waals surface area (Å²) in [6.07, 6.45) is 0. The zero-order chi connectivity index (χ0) is 20.8. The summed E-state index contributed by atoms with van der Waals surface area (Å²) in [5.41, 5.74) is 3.89. The minimum atomic E-state index is -0.332. The molecule has 0 saturated heterocycles. The molecule has 0 fully saturated rings. The molecule has 29 heavy (non-hydrogen) atoms. The Kier molecular flexibility index (Phi) is 6.19. The molecule has 0 radical (unpaired) electrons. The molecule has 7 nitrogen and oxygen atoms in total. The van der Waals surface area contributed by atoms with Crippen molar-refractivity contribution >= 4 is 29.0 Å². The smallest absolute Gasteiger partial charge is 0.274 e. The SMILES string of the molecule is CC(=O)Nc1ccc(NC(=O)c2cc(NCc3ccccc3C)nc(C)n2)cc1. The van der Waals surface area contributed by atoms with E-state index in [-0.39, 0.29) is 17.5 Å². The summed E-state index contributed by atoms with van der Waals surface area (Å²) in [6.45, 7) is 5.85. The topological polar surface area (TPSA) is 96.0 Å². The largest absolute Gasteiger partial charge is 0.366 e. The molecule has 2 aromatic carbocycles. The fourth-order valence-electron chi connectivity index (χ4n) is 2.80. The van der Waals surface area contributed by atoms with Crippen molar-refractivity contribution in [1.29, 1.82) is 0 Å². The Balaban J connectivity index is 1.69. The highest BCUT2D eigenvalue weighted by atomic mass is 16.2. The lowest BCUT2D eigenvalue weighted by Gasteiger charge is -2.11. The first-order valence-electron chi connectivity index (χ1n) is 9.24. The number of aryl methyl sites for hydroxylation is 2. The molecule has 1 heterocycles. The molecule has 1 aromatic heterocycles. The van der Waals surface area contributed by atoms with Gasteiger partial charge in [-0.05, 0) is 49.2 Å². The van der Waals surface area contributed by atoms with Gasteiger partial charge in [0, 0.05) is 30.9 Å². The van der Waals surface area contributed by atoms with E-state index in [0.29, 0.717) is 29.6 Å². The molecule has 3 aromatic rings. The van der Waals surface area contributed by atoms with Crippen molar-refractivity contribution in [2.24, 2.45) is 0 Å². The van der Waals surface area contributed by atoms with E-state index < -0.39 is 0 Å². The fraction of sp³-hybridized carbons (Fsp3) is 0.182. The van der Waals surface area contributed by atoms with Crippen LogP contribution in [-0.2, 0) is 11.3 Å². The number of carbonyl (C=O) groups is 2. The highest BCUT2D eigenvalue weighted by molar-refractivity contribution is 6.03. The van der Waals surface area contributed by atoms with E-state index in [0.717, 1.165) is 5.56 Å². The Morgan fingerprint density at radius 3 is 2.21 bits per heavy atom. The van der Waals surface area contributed by atoms with Gasteiger partial charge in [0.05, 0.1) is 0 Å². The second-order valence-electron chi connectivity index (χ2n) is 6.68. The molecule has 2 amide bonds. The van der Waals surface area contributed by atoms with Crippen molar-refractivity contribution < 1.29 is 9.59 Å². The van der Waals surface area contributed by atoms with Crippen molar-refractivity contribution in [1.82, 2.24) is 9.97 Å². The third-order valence-corrected chi connectivity index (χ3v) is 4.25. The number of rotatable bonds is 6. The monoisotopic (exact) mass is 389 g/mol. The maximum absolute atomic E-state index is 12.6. The predicted molar refractivity (Wildman–Crippen MR) is 114 cm³/mol. The van der Waals surface area contributed by atoms with Crippen LogP contribution in [0.15, 0.2) is 54.6 Å². The van der Waals surface area contributed by atoms with Crippen molar-refractivity contribution in [3.05, 3.63) is 77.2 Å². The maximum atomic E-state index is 12.6. The molecule has 3 rings (SSSR count). The molecule has 148 valence electrons. The number of benzene rings is 2. The molecule has 0 aliphatic rings. The quantitative estimate of drug-likeness (QED) is 0.594. The van der Waals surface area contributed by atoms with Gasteiger partial charge < -0.3 is 16.0 Å². The Hall–Kier alpha value is -3.74. The number of nitrogens with one attached hydrogen (secondary N) is 3. The van der Waals surface area contributed by atoms with E-state index in [1.807, 2.05) is 12.1 Å². The first kappa shape index (κ1) is 20.0. The number of amides is 2. The van der Waals surface area contributed by atoms with Gasteiger partial charge in [0.2, 0.25) is 5.91 Å². The van der Waals surface area contributed by atoms with Gasteiger partial charge in [0.1, 0.15) is 17.3 Å². The third kappa shape index (κ3) is 5.62. The maximum Gasteiger partial charge on any atom is 0.274 e. The highest BCUT2D eigenvalue weighted by Crippen LogP contribution is 2.16. The van der Waals surface area contributed by atoms with Crippen LogP contribution in [0.25, 0.3) is 0 Å². The van der Waals surface area contributed by atoms with Gasteiger partial charge in [-0.3, -0.25) is 9.59 Å². The number of carbonyl (C=O) groups excluding carboxylic acids is 2. The average Bonchev–Trinajstić information content (AvgIpc) is 2.68. The molecular weight excluding hydrogens is 366 g/mol. The third-order valence-electron chi connectivity index (χ3n) is 4.25. The Labute approximate surface area is 169 Å². The highest BCUT2D eigenvalue weighted by Gasteiger charge is 2.11. The first-order valence-corrected chi connectivity index (χ1v) is 9.24. The molecule has 0 unspecified atom stereocenters. The molecular formula is C22H23N5O2. The lowest BCUT2D eigenvalue weighted by molar-refractivity contribution is -0.114. The van der Waals surface area contributed by atoms with E-state index in [2.05, 4.69) is 45.0 Å². The van der Waals surface area contributed by atoms with Crippen LogP contribution < -0.4 is 16.0 Å². The summed E-state index contributed by atoms with van der Waals surface area (Å²) in [7, 11) is 0. The summed E-state index contributed by atoms with van der Waals surface area (Å²) in [5.74, 6) is 0.614. The van der Waals surface area contributed by atoms with E-state index in [4.69, 9.17) is 0 Å². The van der Waals surface area contributed by atoms with Crippen LogP contribution in [0.3, 0.4) is 0 Å². The van der Waals surface area contributed by atoms with Crippen molar-refractivity contribution in [2.45, 2.75) is 27.3 Å². The van der Waals surface area contributed by atoms with Crippen LogP contribution in [0.2, 0.25) is 0 Å². The molecule has 0 aliphatic carbocycles. The molecule has 0 spiro atoms. The molecule has 0 atom stereocenters. The lowest BCUT2D eigenvalue weighted by Crippen LogP contribution is -2.16. The van der Waals surface area contributed by atoms with Crippen molar-refractivity contribution in [3.63, 3.8) is 0 Å². The normalized spacial score (nSPS) is 10.3. The van der Waals surface area contributed by atoms with Gasteiger partial charge in [0.15, 0.2) is 0 Å². The Morgan fingerprint density at radius 2 is 1.55 bits per heavy atom. The number of hydrogen-bond acceptors (Lipinski definition) is 5. The lowest BCUT2D eigenvalue weighted by atomic mass is 10.1. The zero-order valence-corrected chi connectivity index (χ0v) is 16.6. The number of aromatic nitrogens is 2. The average molecular weight is 389 g/mol. The minimum absolute atomic E-state index is 0.149. The van der Waals surface area contributed by atoms with Gasteiger partial charge >= 0.3 is 0 Å². The van der Waals surface area contributed by atoms with Crippen LogP contribution in [0.1, 0.15) is 34.4 Å². The summed E-state index contributed by atoms with van der Waals surface area (Å²) in [5, 5.41) is 8.75. The predicted octanol–water partition coefficient (Wildman–Crippen LogP) is 3.92. The van der Waals surface area contributed by atoms with Gasteiger partial charge in [-0.1, -0.05) is 24.3 Å². The number of hydrogen-bond donors (Lipinski definition) is 3. The van der Waals surface area contributed by atoms with Crippen LogP contribution >= 0.6 is 0 Å². The number of nitrogens with zero attached hydrogens (tertiary/aromatic N) is 2. The molecule has 0 saturated carbocycles. The van der Waals surface area contributed by atoms with Crippen LogP contribution in [0.5, 0.6) is 0 Å². The summed E-state index contributed by atoms with van der Waals surface area (Å²) in [6, 6.07) is 16.6. The summed E-state index contributed by atoms with van der Waals surface area (Å²) in [4.78, 5) is 32.3. The van der Waals surface area contributed by atoms with E-state index in [1.54, 1.807) is 37.3 Å². The number of anilines is 3. The van der Waals surface area contributed by atoms with Crippen LogP contribution in [-0.4, -0.2) is 21.8 Å². The molecule has 3 N–H and O–H groups in total. The van der Waals surface area contributed by atoms with E-state index in [9.17, 15) is 9.59 Å².